The zero-order valence-corrected chi connectivity index (χ0v) is 17.6. The topological polar surface area (TPSA) is 48.0 Å². The molecule has 0 N–H and O–H groups in total. The molecular weight excluding hydrogens is 366 g/mol. The summed E-state index contributed by atoms with van der Waals surface area (Å²) in [6.07, 6.45) is 1.52. The lowest BCUT2D eigenvalue weighted by Crippen LogP contribution is -2.41. The third kappa shape index (κ3) is 4.04. The Morgan fingerprint density at radius 1 is 1.03 bits per heavy atom. The van der Waals surface area contributed by atoms with Crippen LogP contribution in [0.15, 0.2) is 48.5 Å². The number of nitrogens with zero attached hydrogens (tertiary/aromatic N) is 1. The normalized spacial score (nSPS) is 21.9. The molecule has 2 aliphatic rings. The number of carbonyl (C=O) groups excluding carboxylic acids is 1. The Morgan fingerprint density at radius 2 is 1.72 bits per heavy atom. The Bertz CT molecular complexity index is 881. The van der Waals surface area contributed by atoms with Crippen LogP contribution >= 0.6 is 0 Å². The smallest absolute Gasteiger partial charge is 0.410 e. The van der Waals surface area contributed by atoms with E-state index in [-0.39, 0.29) is 6.09 Å². The summed E-state index contributed by atoms with van der Waals surface area (Å²) in [6, 6.07) is 16.1. The molecule has 5 heteroatoms. The summed E-state index contributed by atoms with van der Waals surface area (Å²) < 4.78 is 18.1. The van der Waals surface area contributed by atoms with Gasteiger partial charge in [0.25, 0.3) is 5.79 Å². The largest absolute Gasteiger partial charge is 0.445 e. The maximum Gasteiger partial charge on any atom is 0.410 e. The number of para-hydroxylation sites is 1. The maximum atomic E-state index is 12.3. The van der Waals surface area contributed by atoms with Gasteiger partial charge in [-0.3, -0.25) is 0 Å². The van der Waals surface area contributed by atoms with Gasteiger partial charge in [-0.25, -0.2) is 4.79 Å². The van der Waals surface area contributed by atoms with E-state index in [2.05, 4.69) is 6.07 Å². The van der Waals surface area contributed by atoms with Crippen LogP contribution in [0.2, 0.25) is 0 Å². The van der Waals surface area contributed by atoms with Crippen LogP contribution in [0.25, 0.3) is 0 Å². The molecule has 2 aliphatic heterocycles. The highest BCUT2D eigenvalue weighted by molar-refractivity contribution is 5.68. The zero-order valence-electron chi connectivity index (χ0n) is 17.6. The zero-order chi connectivity index (χ0) is 20.6. The fourth-order valence-electron chi connectivity index (χ4n) is 4.03. The van der Waals surface area contributed by atoms with E-state index in [4.69, 9.17) is 14.2 Å². The van der Waals surface area contributed by atoms with E-state index >= 15 is 0 Å². The third-order valence-electron chi connectivity index (χ3n) is 5.50. The van der Waals surface area contributed by atoms with Gasteiger partial charge >= 0.3 is 6.09 Å². The molecule has 0 radical (unpaired) electrons. The minimum absolute atomic E-state index is 0.231. The third-order valence-corrected chi connectivity index (χ3v) is 5.50. The summed E-state index contributed by atoms with van der Waals surface area (Å²) in [7, 11) is 0. The van der Waals surface area contributed by atoms with Crippen LogP contribution in [0, 0.1) is 0 Å². The fraction of sp³-hybridized carbons (Fsp3) is 0.458. The highest BCUT2D eigenvalue weighted by Crippen LogP contribution is 2.49. The lowest BCUT2D eigenvalue weighted by Gasteiger charge is -2.34. The molecule has 29 heavy (non-hydrogen) atoms. The van der Waals surface area contributed by atoms with E-state index < -0.39 is 11.4 Å². The number of ether oxygens (including phenoxy) is 3. The standard InChI is InChI=1S/C24H29NO4/c1-23(2,3)29-22(26)25-15-13-17(14-16-25)19-11-8-12-20-21(19)28-24(4,27-20)18-9-6-5-7-10-18/h5-12,17H,13-16H2,1-4H3. The molecule has 4 rings (SSSR count). The van der Waals surface area contributed by atoms with Crippen LogP contribution in [0.1, 0.15) is 57.6 Å². The molecule has 1 amide bonds. The van der Waals surface area contributed by atoms with Gasteiger partial charge in [-0.1, -0.05) is 42.5 Å². The molecule has 1 fully saturated rings. The first-order valence-corrected chi connectivity index (χ1v) is 10.3. The predicted octanol–water partition coefficient (Wildman–Crippen LogP) is 5.45. The summed E-state index contributed by atoms with van der Waals surface area (Å²) in [6.45, 7) is 9.00. The molecule has 1 unspecified atom stereocenters. The van der Waals surface area contributed by atoms with Crippen molar-refractivity contribution in [1.29, 1.82) is 0 Å². The molecule has 2 aromatic carbocycles. The Morgan fingerprint density at radius 3 is 2.38 bits per heavy atom. The second-order valence-corrected chi connectivity index (χ2v) is 8.93. The fourth-order valence-corrected chi connectivity index (χ4v) is 4.03. The SMILES string of the molecule is CC(C)(C)OC(=O)N1CCC(c2cccc3c2OC(C)(c2ccccc2)O3)CC1. The molecule has 0 spiro atoms. The molecule has 0 aliphatic carbocycles. The molecule has 2 heterocycles. The van der Waals surface area contributed by atoms with Gasteiger partial charge in [-0.15, -0.1) is 0 Å². The highest BCUT2D eigenvalue weighted by Gasteiger charge is 2.41. The number of amides is 1. The highest BCUT2D eigenvalue weighted by atomic mass is 16.7. The monoisotopic (exact) mass is 395 g/mol. The lowest BCUT2D eigenvalue weighted by molar-refractivity contribution is -0.0685. The van der Waals surface area contributed by atoms with Crippen LogP contribution in [-0.4, -0.2) is 29.7 Å². The van der Waals surface area contributed by atoms with Crippen LogP contribution in [0.5, 0.6) is 11.5 Å². The first kappa shape index (κ1) is 19.6. The summed E-state index contributed by atoms with van der Waals surface area (Å²) in [4.78, 5) is 14.1. The van der Waals surface area contributed by atoms with Gasteiger partial charge in [0.2, 0.25) is 0 Å². The minimum Gasteiger partial charge on any atom is -0.445 e. The summed E-state index contributed by atoms with van der Waals surface area (Å²) >= 11 is 0. The molecule has 1 saturated heterocycles. The van der Waals surface area contributed by atoms with E-state index in [0.717, 1.165) is 35.5 Å². The molecule has 0 bridgehead atoms. The summed E-state index contributed by atoms with van der Waals surface area (Å²) in [5, 5.41) is 0. The average Bonchev–Trinajstić information content (AvgIpc) is 3.05. The summed E-state index contributed by atoms with van der Waals surface area (Å²) in [5.74, 6) is 1.11. The van der Waals surface area contributed by atoms with Gasteiger partial charge in [0.15, 0.2) is 11.5 Å². The van der Waals surface area contributed by atoms with Crippen molar-refractivity contribution in [2.45, 2.75) is 57.8 Å². The van der Waals surface area contributed by atoms with Crippen molar-refractivity contribution in [3.8, 4) is 11.5 Å². The molecule has 1 atom stereocenters. The van der Waals surface area contributed by atoms with Crippen LogP contribution < -0.4 is 9.47 Å². The number of hydrogen-bond donors (Lipinski definition) is 0. The number of fused-ring (bicyclic) bond motifs is 1. The van der Waals surface area contributed by atoms with E-state index in [9.17, 15) is 4.79 Å². The maximum absolute atomic E-state index is 12.3. The number of hydrogen-bond acceptors (Lipinski definition) is 4. The van der Waals surface area contributed by atoms with E-state index in [1.165, 1.54) is 0 Å². The van der Waals surface area contributed by atoms with Gasteiger partial charge in [-0.2, -0.15) is 0 Å². The summed E-state index contributed by atoms with van der Waals surface area (Å²) in [5.41, 5.74) is 1.68. The van der Waals surface area contributed by atoms with Crippen molar-refractivity contribution in [1.82, 2.24) is 4.90 Å². The van der Waals surface area contributed by atoms with Gasteiger partial charge in [0.1, 0.15) is 5.60 Å². The van der Waals surface area contributed by atoms with Crippen molar-refractivity contribution in [3.63, 3.8) is 0 Å². The van der Waals surface area contributed by atoms with E-state index in [1.807, 2.05) is 70.2 Å². The van der Waals surface area contributed by atoms with E-state index in [1.54, 1.807) is 4.90 Å². The molecule has 2 aromatic rings. The van der Waals surface area contributed by atoms with Crippen molar-refractivity contribution in [3.05, 3.63) is 59.7 Å². The van der Waals surface area contributed by atoms with Gasteiger partial charge in [0, 0.05) is 31.1 Å². The Hall–Kier alpha value is -2.69. The molecule has 5 nitrogen and oxygen atoms in total. The number of likely N-dealkylation sites (tertiary alicyclic amines) is 1. The van der Waals surface area contributed by atoms with Gasteiger partial charge < -0.3 is 19.1 Å². The second kappa shape index (κ2) is 7.29. The second-order valence-electron chi connectivity index (χ2n) is 8.93. The Balaban J connectivity index is 1.48. The van der Waals surface area contributed by atoms with E-state index in [0.29, 0.717) is 19.0 Å². The first-order chi connectivity index (χ1) is 13.8. The number of benzene rings is 2. The molecule has 0 saturated carbocycles. The van der Waals surface area contributed by atoms with Crippen LogP contribution in [-0.2, 0) is 10.5 Å². The molecule has 154 valence electrons. The predicted molar refractivity (Wildman–Crippen MR) is 111 cm³/mol. The van der Waals surface area contributed by atoms with Crippen molar-refractivity contribution >= 4 is 6.09 Å². The van der Waals surface area contributed by atoms with Crippen LogP contribution in [0.3, 0.4) is 0 Å². The molecular formula is C24H29NO4. The molecule has 0 aromatic heterocycles. The van der Waals surface area contributed by atoms with Gasteiger partial charge in [0.05, 0.1) is 0 Å². The number of carbonyl (C=O) groups is 1. The Kier molecular flexibility index (Phi) is 4.93. The van der Waals surface area contributed by atoms with Gasteiger partial charge in [-0.05, 0) is 45.6 Å². The first-order valence-electron chi connectivity index (χ1n) is 10.3. The van der Waals surface area contributed by atoms with Crippen molar-refractivity contribution in [2.24, 2.45) is 0 Å². The number of piperidine rings is 1. The average molecular weight is 395 g/mol. The minimum atomic E-state index is -0.823. The lowest BCUT2D eigenvalue weighted by atomic mass is 9.89. The quantitative estimate of drug-likeness (QED) is 0.679. The Labute approximate surface area is 172 Å². The number of rotatable bonds is 2. The van der Waals surface area contributed by atoms with Crippen molar-refractivity contribution < 1.29 is 19.0 Å². The van der Waals surface area contributed by atoms with Crippen LogP contribution in [0.4, 0.5) is 4.79 Å². The van der Waals surface area contributed by atoms with Crippen molar-refractivity contribution in [2.75, 3.05) is 13.1 Å².